The number of carbonyl (C=O) groups is 1. The number of benzene rings is 1. The molecule has 0 unspecified atom stereocenters. The van der Waals surface area contributed by atoms with Crippen molar-refractivity contribution in [1.29, 1.82) is 0 Å². The molecule has 0 saturated carbocycles. The molecule has 23 heavy (non-hydrogen) atoms. The summed E-state index contributed by atoms with van der Waals surface area (Å²) in [5.41, 5.74) is 3.60. The maximum Gasteiger partial charge on any atom is 0.227 e. The summed E-state index contributed by atoms with van der Waals surface area (Å²) in [4.78, 5) is 20.8. The van der Waals surface area contributed by atoms with Gasteiger partial charge < -0.3 is 4.90 Å². The average molecular weight is 309 g/mol. The summed E-state index contributed by atoms with van der Waals surface area (Å²) in [5.74, 6) is 0.234. The lowest BCUT2D eigenvalue weighted by molar-refractivity contribution is -0.132. The van der Waals surface area contributed by atoms with E-state index in [1.54, 1.807) is 0 Å². The van der Waals surface area contributed by atoms with Crippen LogP contribution in [0.1, 0.15) is 16.7 Å². The van der Waals surface area contributed by atoms with Crippen LogP contribution in [0.3, 0.4) is 0 Å². The maximum atomic E-state index is 12.4. The molecule has 0 bridgehead atoms. The molecule has 1 aromatic carbocycles. The molecule has 3 rings (SSSR count). The van der Waals surface area contributed by atoms with Crippen molar-refractivity contribution in [2.24, 2.45) is 0 Å². The molecular weight excluding hydrogens is 286 g/mol. The van der Waals surface area contributed by atoms with Gasteiger partial charge in [-0.25, -0.2) is 0 Å². The van der Waals surface area contributed by atoms with E-state index < -0.39 is 0 Å². The third-order valence-electron chi connectivity index (χ3n) is 4.36. The minimum Gasteiger partial charge on any atom is -0.340 e. The molecule has 1 aliphatic rings. The van der Waals surface area contributed by atoms with Crippen LogP contribution in [0.15, 0.2) is 48.8 Å². The molecule has 0 aliphatic carbocycles. The molecule has 0 spiro atoms. The number of pyridine rings is 1. The Morgan fingerprint density at radius 1 is 0.957 bits per heavy atom. The first-order chi connectivity index (χ1) is 11.2. The monoisotopic (exact) mass is 309 g/mol. The van der Waals surface area contributed by atoms with Crippen molar-refractivity contribution in [1.82, 2.24) is 14.8 Å². The van der Waals surface area contributed by atoms with Crippen molar-refractivity contribution in [3.05, 3.63) is 65.5 Å². The van der Waals surface area contributed by atoms with Crippen molar-refractivity contribution in [2.75, 3.05) is 26.2 Å². The van der Waals surface area contributed by atoms with Crippen LogP contribution in [-0.4, -0.2) is 46.9 Å². The second-order valence-electron chi connectivity index (χ2n) is 6.17. The largest absolute Gasteiger partial charge is 0.340 e. The molecule has 0 atom stereocenters. The van der Waals surface area contributed by atoms with E-state index in [4.69, 9.17) is 0 Å². The molecule has 4 nitrogen and oxygen atoms in total. The van der Waals surface area contributed by atoms with Crippen LogP contribution in [0.25, 0.3) is 0 Å². The molecule has 120 valence electrons. The van der Waals surface area contributed by atoms with Crippen molar-refractivity contribution in [2.45, 2.75) is 19.9 Å². The van der Waals surface area contributed by atoms with Crippen LogP contribution < -0.4 is 0 Å². The van der Waals surface area contributed by atoms with Crippen LogP contribution in [0.5, 0.6) is 0 Å². The van der Waals surface area contributed by atoms with E-state index in [0.717, 1.165) is 38.3 Å². The lowest BCUT2D eigenvalue weighted by atomic mass is 10.1. The van der Waals surface area contributed by atoms with Gasteiger partial charge in [-0.3, -0.25) is 14.7 Å². The number of carbonyl (C=O) groups excluding carboxylic acids is 1. The van der Waals surface area contributed by atoms with Crippen LogP contribution in [0.2, 0.25) is 0 Å². The first-order valence-corrected chi connectivity index (χ1v) is 8.15. The highest BCUT2D eigenvalue weighted by atomic mass is 16.2. The van der Waals surface area contributed by atoms with Gasteiger partial charge in [0, 0.05) is 45.1 Å². The van der Waals surface area contributed by atoms with E-state index in [9.17, 15) is 4.79 Å². The number of aromatic nitrogens is 1. The fourth-order valence-corrected chi connectivity index (χ4v) is 2.89. The summed E-state index contributed by atoms with van der Waals surface area (Å²) in [5, 5.41) is 0. The number of hydrogen-bond acceptors (Lipinski definition) is 3. The minimum atomic E-state index is 0.234. The van der Waals surface area contributed by atoms with Gasteiger partial charge in [-0.1, -0.05) is 29.8 Å². The normalized spacial score (nSPS) is 15.6. The Morgan fingerprint density at radius 2 is 1.61 bits per heavy atom. The van der Waals surface area contributed by atoms with Crippen LogP contribution in [-0.2, 0) is 17.8 Å². The molecule has 1 amide bonds. The second kappa shape index (κ2) is 7.38. The van der Waals surface area contributed by atoms with E-state index in [0.29, 0.717) is 6.42 Å². The lowest BCUT2D eigenvalue weighted by Gasteiger charge is -2.34. The van der Waals surface area contributed by atoms with Gasteiger partial charge in [0.1, 0.15) is 0 Å². The van der Waals surface area contributed by atoms with Gasteiger partial charge in [0.25, 0.3) is 0 Å². The molecule has 0 radical (unpaired) electrons. The summed E-state index contributed by atoms with van der Waals surface area (Å²) in [6, 6.07) is 12.3. The Bertz CT molecular complexity index is 631. The highest BCUT2D eigenvalue weighted by molar-refractivity contribution is 5.78. The van der Waals surface area contributed by atoms with Gasteiger partial charge in [0.05, 0.1) is 6.42 Å². The van der Waals surface area contributed by atoms with Gasteiger partial charge in [0.2, 0.25) is 5.91 Å². The zero-order chi connectivity index (χ0) is 16.1. The van der Waals surface area contributed by atoms with E-state index in [1.165, 1.54) is 11.1 Å². The van der Waals surface area contributed by atoms with Crippen molar-refractivity contribution in [3.8, 4) is 0 Å². The predicted molar refractivity (Wildman–Crippen MR) is 91.0 cm³/mol. The topological polar surface area (TPSA) is 36.4 Å². The maximum absolute atomic E-state index is 12.4. The van der Waals surface area contributed by atoms with Crippen LogP contribution in [0.4, 0.5) is 0 Å². The quantitative estimate of drug-likeness (QED) is 0.869. The Balaban J connectivity index is 1.48. The third kappa shape index (κ3) is 4.39. The molecule has 2 heterocycles. The van der Waals surface area contributed by atoms with Gasteiger partial charge >= 0.3 is 0 Å². The van der Waals surface area contributed by atoms with Crippen LogP contribution in [0, 0.1) is 6.92 Å². The molecule has 1 aliphatic heterocycles. The molecular formula is C19H23N3O. The fourth-order valence-electron chi connectivity index (χ4n) is 2.89. The number of aryl methyl sites for hydroxylation is 1. The Morgan fingerprint density at radius 3 is 2.26 bits per heavy atom. The number of nitrogens with zero attached hydrogens (tertiary/aromatic N) is 3. The van der Waals surface area contributed by atoms with Gasteiger partial charge in [-0.2, -0.15) is 0 Å². The number of rotatable bonds is 4. The first-order valence-electron chi connectivity index (χ1n) is 8.15. The smallest absolute Gasteiger partial charge is 0.227 e. The summed E-state index contributed by atoms with van der Waals surface area (Å²) < 4.78 is 0. The minimum absolute atomic E-state index is 0.234. The SMILES string of the molecule is Cc1ccc(CC(=O)N2CCN(Cc3ccncc3)CC2)cc1. The van der Waals surface area contributed by atoms with Crippen molar-refractivity contribution in [3.63, 3.8) is 0 Å². The Kier molecular flexibility index (Phi) is 5.03. The average Bonchev–Trinajstić information content (AvgIpc) is 2.58. The van der Waals surface area contributed by atoms with Gasteiger partial charge in [0.15, 0.2) is 0 Å². The van der Waals surface area contributed by atoms with Gasteiger partial charge in [-0.05, 0) is 30.2 Å². The summed E-state index contributed by atoms with van der Waals surface area (Å²) in [7, 11) is 0. The third-order valence-corrected chi connectivity index (χ3v) is 4.36. The molecule has 4 heteroatoms. The van der Waals surface area contributed by atoms with Crippen molar-refractivity contribution < 1.29 is 4.79 Å². The van der Waals surface area contributed by atoms with Crippen molar-refractivity contribution >= 4 is 5.91 Å². The fraction of sp³-hybridized carbons (Fsp3) is 0.368. The molecule has 0 N–H and O–H groups in total. The van der Waals surface area contributed by atoms with Gasteiger partial charge in [-0.15, -0.1) is 0 Å². The predicted octanol–water partition coefficient (Wildman–Crippen LogP) is 2.28. The molecule has 1 fully saturated rings. The van der Waals surface area contributed by atoms with Crippen LogP contribution >= 0.6 is 0 Å². The number of amides is 1. The number of piperazine rings is 1. The molecule has 1 aromatic heterocycles. The standard InChI is InChI=1S/C19H23N3O/c1-16-2-4-17(5-3-16)14-19(23)22-12-10-21(11-13-22)15-18-6-8-20-9-7-18/h2-9H,10-15H2,1H3. The Labute approximate surface area is 137 Å². The van der Waals surface area contributed by atoms with E-state index >= 15 is 0 Å². The van der Waals surface area contributed by atoms with E-state index in [2.05, 4.69) is 41.1 Å². The highest BCUT2D eigenvalue weighted by Crippen LogP contribution is 2.10. The molecule has 1 saturated heterocycles. The lowest BCUT2D eigenvalue weighted by Crippen LogP contribution is -2.48. The molecule has 2 aromatic rings. The summed E-state index contributed by atoms with van der Waals surface area (Å²) in [6.07, 6.45) is 4.16. The Hall–Kier alpha value is -2.20. The zero-order valence-corrected chi connectivity index (χ0v) is 13.6. The summed E-state index contributed by atoms with van der Waals surface area (Å²) >= 11 is 0. The van der Waals surface area contributed by atoms with E-state index in [1.807, 2.05) is 29.4 Å². The summed E-state index contributed by atoms with van der Waals surface area (Å²) in [6.45, 7) is 6.49. The second-order valence-corrected chi connectivity index (χ2v) is 6.17. The van der Waals surface area contributed by atoms with E-state index in [-0.39, 0.29) is 5.91 Å². The highest BCUT2D eigenvalue weighted by Gasteiger charge is 2.21. The zero-order valence-electron chi connectivity index (χ0n) is 13.6. The number of hydrogen-bond donors (Lipinski definition) is 0. The first kappa shape index (κ1) is 15.7.